The van der Waals surface area contributed by atoms with Crippen molar-refractivity contribution in [2.45, 2.75) is 25.4 Å². The van der Waals surface area contributed by atoms with E-state index in [2.05, 4.69) is 14.0 Å². The van der Waals surface area contributed by atoms with E-state index < -0.39 is 45.0 Å². The number of carbonyl (C=O) groups is 2. The quantitative estimate of drug-likeness (QED) is 0.289. The maximum absolute atomic E-state index is 11.3. The van der Waals surface area contributed by atoms with Crippen LogP contribution in [0.3, 0.4) is 0 Å². The summed E-state index contributed by atoms with van der Waals surface area (Å²) in [5.74, 6) is -1.63. The molecule has 0 aliphatic heterocycles. The molecule has 0 fully saturated rings. The van der Waals surface area contributed by atoms with Crippen molar-refractivity contribution >= 4 is 19.5 Å². The Labute approximate surface area is 110 Å². The minimum atomic E-state index is -3.71. The van der Waals surface area contributed by atoms with Crippen LogP contribution < -0.4 is 11.5 Å². The van der Waals surface area contributed by atoms with Gasteiger partial charge in [0, 0.05) is 6.66 Å². The topological polar surface area (TPSA) is 151 Å². The molecule has 3 atom stereocenters. The van der Waals surface area contributed by atoms with Crippen molar-refractivity contribution < 1.29 is 33.0 Å². The highest BCUT2D eigenvalue weighted by atomic mass is 31.2. The van der Waals surface area contributed by atoms with Crippen molar-refractivity contribution in [1.29, 1.82) is 0 Å². The third-order valence-corrected chi connectivity index (χ3v) is 2.57. The lowest BCUT2D eigenvalue weighted by Gasteiger charge is -2.14. The van der Waals surface area contributed by atoms with E-state index in [1.165, 1.54) is 0 Å². The lowest BCUT2D eigenvalue weighted by atomic mass is 10.2. The molecule has 0 bridgehead atoms. The number of ether oxygens (including phenoxy) is 2. The molecule has 0 aromatic carbocycles. The lowest BCUT2D eigenvalue weighted by Crippen LogP contribution is -2.38. The Morgan fingerprint density at radius 1 is 1.21 bits per heavy atom. The molecule has 9 nitrogen and oxygen atoms in total. The van der Waals surface area contributed by atoms with E-state index in [9.17, 15) is 14.2 Å². The summed E-state index contributed by atoms with van der Waals surface area (Å²) >= 11 is 0. The molecular weight excluding hydrogens is 279 g/mol. The molecule has 0 amide bonds. The Kier molecular flexibility index (Phi) is 7.81. The highest BCUT2D eigenvalue weighted by Gasteiger charge is 2.20. The fraction of sp³-hybridized carbons (Fsp3) is 0.778. The minimum absolute atomic E-state index is 0.391. The van der Waals surface area contributed by atoms with Crippen molar-refractivity contribution in [3.05, 3.63) is 0 Å². The second kappa shape index (κ2) is 8.23. The van der Waals surface area contributed by atoms with Crippen LogP contribution in [0.5, 0.6) is 0 Å². The number of nitrogens with two attached hydrogens (primary N) is 2. The first-order valence-corrected chi connectivity index (χ1v) is 7.49. The average Bonchev–Trinajstić information content (AvgIpc) is 2.33. The van der Waals surface area contributed by atoms with E-state index >= 15 is 0 Å². The molecule has 112 valence electrons. The van der Waals surface area contributed by atoms with Crippen molar-refractivity contribution in [2.75, 3.05) is 20.1 Å². The smallest absolute Gasteiger partial charge is 0.328 e. The summed E-state index contributed by atoms with van der Waals surface area (Å²) in [5, 5.41) is 0. The van der Waals surface area contributed by atoms with Crippen molar-refractivity contribution in [1.82, 2.24) is 0 Å². The monoisotopic (exact) mass is 298 g/mol. The minimum Gasteiger partial charge on any atom is -0.427 e. The van der Waals surface area contributed by atoms with Crippen LogP contribution >= 0.6 is 7.60 Å². The molecule has 0 heterocycles. The van der Waals surface area contributed by atoms with Crippen molar-refractivity contribution in [3.8, 4) is 0 Å². The Morgan fingerprint density at radius 3 is 2.11 bits per heavy atom. The molecule has 0 saturated heterocycles. The Hall–Kier alpha value is -0.990. The number of hydrogen-bond acceptors (Lipinski definition) is 8. The van der Waals surface area contributed by atoms with Gasteiger partial charge in [0.25, 0.3) is 0 Å². The van der Waals surface area contributed by atoms with Gasteiger partial charge in [-0.3, -0.25) is 14.2 Å². The summed E-state index contributed by atoms with van der Waals surface area (Å²) in [6, 6.07) is -2.03. The molecule has 10 heteroatoms. The zero-order valence-electron chi connectivity index (χ0n) is 10.8. The predicted octanol–water partition coefficient (Wildman–Crippen LogP) is -1.07. The molecular formula is C9H19N2O7P. The van der Waals surface area contributed by atoms with Crippen molar-refractivity contribution in [2.24, 2.45) is 11.5 Å². The SMILES string of the molecule is CCC(N)C(=O)OCOC(=O)C(N)COP(C)(=O)O. The molecule has 0 aliphatic carbocycles. The van der Waals surface area contributed by atoms with E-state index in [1.807, 2.05) is 0 Å². The highest BCUT2D eigenvalue weighted by Crippen LogP contribution is 2.36. The summed E-state index contributed by atoms with van der Waals surface area (Å²) in [5.41, 5.74) is 10.7. The van der Waals surface area contributed by atoms with E-state index in [0.717, 1.165) is 6.66 Å². The van der Waals surface area contributed by atoms with Crippen LogP contribution in [0.25, 0.3) is 0 Å². The van der Waals surface area contributed by atoms with Gasteiger partial charge in [0.2, 0.25) is 6.79 Å². The second-order valence-electron chi connectivity index (χ2n) is 3.76. The van der Waals surface area contributed by atoms with Crippen LogP contribution in [-0.2, 0) is 28.2 Å². The van der Waals surface area contributed by atoms with E-state index in [4.69, 9.17) is 16.4 Å². The largest absolute Gasteiger partial charge is 0.427 e. The van der Waals surface area contributed by atoms with Gasteiger partial charge in [0.1, 0.15) is 12.1 Å². The van der Waals surface area contributed by atoms with Gasteiger partial charge >= 0.3 is 19.5 Å². The summed E-state index contributed by atoms with van der Waals surface area (Å²) in [6.07, 6.45) is 0.391. The fourth-order valence-electron chi connectivity index (χ4n) is 0.813. The molecule has 0 radical (unpaired) electrons. The molecule has 0 saturated carbocycles. The number of carbonyl (C=O) groups excluding carboxylic acids is 2. The van der Waals surface area contributed by atoms with E-state index in [1.54, 1.807) is 6.92 Å². The maximum atomic E-state index is 11.3. The first-order chi connectivity index (χ1) is 8.67. The third-order valence-electron chi connectivity index (χ3n) is 1.94. The second-order valence-corrected chi connectivity index (χ2v) is 5.63. The number of esters is 2. The van der Waals surface area contributed by atoms with Crippen LogP contribution in [0.4, 0.5) is 0 Å². The number of rotatable bonds is 8. The fourth-order valence-corrected chi connectivity index (χ4v) is 1.25. The average molecular weight is 298 g/mol. The summed E-state index contributed by atoms with van der Waals surface area (Å²) in [7, 11) is -3.71. The zero-order chi connectivity index (χ0) is 15.1. The van der Waals surface area contributed by atoms with Crippen LogP contribution in [0.1, 0.15) is 13.3 Å². The highest BCUT2D eigenvalue weighted by molar-refractivity contribution is 7.51. The van der Waals surface area contributed by atoms with Crippen LogP contribution in [-0.4, -0.2) is 49.0 Å². The molecule has 5 N–H and O–H groups in total. The van der Waals surface area contributed by atoms with E-state index in [-0.39, 0.29) is 0 Å². The summed E-state index contributed by atoms with van der Waals surface area (Å²) in [4.78, 5) is 31.2. The Balaban J connectivity index is 3.92. The third kappa shape index (κ3) is 8.68. The Morgan fingerprint density at radius 2 is 1.68 bits per heavy atom. The van der Waals surface area contributed by atoms with Crippen molar-refractivity contribution in [3.63, 3.8) is 0 Å². The van der Waals surface area contributed by atoms with Gasteiger partial charge in [-0.15, -0.1) is 0 Å². The first kappa shape index (κ1) is 18.0. The first-order valence-electron chi connectivity index (χ1n) is 5.46. The number of hydrogen-bond donors (Lipinski definition) is 3. The van der Waals surface area contributed by atoms with Gasteiger partial charge in [-0.25, -0.2) is 0 Å². The molecule has 0 aromatic heterocycles. The molecule has 0 aliphatic rings. The van der Waals surface area contributed by atoms with Crippen LogP contribution in [0, 0.1) is 0 Å². The van der Waals surface area contributed by atoms with Gasteiger partial charge in [-0.05, 0) is 6.42 Å². The van der Waals surface area contributed by atoms with Crippen LogP contribution in [0.15, 0.2) is 0 Å². The zero-order valence-corrected chi connectivity index (χ0v) is 11.7. The normalized spacial score (nSPS) is 17.1. The van der Waals surface area contributed by atoms with Crippen LogP contribution in [0.2, 0.25) is 0 Å². The maximum Gasteiger partial charge on any atom is 0.328 e. The summed E-state index contributed by atoms with van der Waals surface area (Å²) < 4.78 is 24.3. The molecule has 19 heavy (non-hydrogen) atoms. The van der Waals surface area contributed by atoms with Gasteiger partial charge in [-0.2, -0.15) is 0 Å². The molecule has 0 rings (SSSR count). The van der Waals surface area contributed by atoms with Gasteiger partial charge < -0.3 is 30.4 Å². The van der Waals surface area contributed by atoms with E-state index in [0.29, 0.717) is 6.42 Å². The lowest BCUT2D eigenvalue weighted by molar-refractivity contribution is -0.169. The summed E-state index contributed by atoms with van der Waals surface area (Å²) in [6.45, 7) is 1.55. The molecule has 0 aromatic rings. The standard InChI is InChI=1S/C9H19N2O7P/c1-3-6(10)8(12)16-5-17-9(13)7(11)4-18-19(2,14)15/h6-7H,3-5,10-11H2,1-2H3,(H,14,15). The Bertz CT molecular complexity index is 356. The van der Waals surface area contributed by atoms with Gasteiger partial charge in [0.05, 0.1) is 6.61 Å². The molecule has 0 spiro atoms. The molecule has 3 unspecified atom stereocenters. The van der Waals surface area contributed by atoms with Gasteiger partial charge in [0.15, 0.2) is 0 Å². The predicted molar refractivity (Wildman–Crippen MR) is 65.0 cm³/mol. The van der Waals surface area contributed by atoms with Gasteiger partial charge in [-0.1, -0.05) is 6.92 Å².